The summed E-state index contributed by atoms with van der Waals surface area (Å²) >= 11 is 6.63. The lowest BCUT2D eigenvalue weighted by atomic mass is 9.86. The van der Waals surface area contributed by atoms with Gasteiger partial charge in [0.05, 0.1) is 16.6 Å². The fourth-order valence-electron chi connectivity index (χ4n) is 5.28. The quantitative estimate of drug-likeness (QED) is 0.155. The van der Waals surface area contributed by atoms with Crippen molar-refractivity contribution in [3.05, 3.63) is 107 Å². The van der Waals surface area contributed by atoms with Crippen LogP contribution in [0.1, 0.15) is 58.4 Å². The minimum atomic E-state index is -4.89. The number of para-hydroxylation sites is 3. The summed E-state index contributed by atoms with van der Waals surface area (Å²) in [5, 5.41) is 10.5. The van der Waals surface area contributed by atoms with E-state index in [1.54, 1.807) is 24.3 Å². The van der Waals surface area contributed by atoms with Gasteiger partial charge in [0.1, 0.15) is 11.6 Å². The normalized spacial score (nSPS) is 12.3. The number of H-pyrrole nitrogens is 1. The predicted molar refractivity (Wildman–Crippen MR) is 159 cm³/mol. The van der Waals surface area contributed by atoms with E-state index >= 15 is 0 Å². The fraction of sp³-hybridized carbons (Fsp3) is 0.182. The second kappa shape index (κ2) is 12.3. The molecule has 220 valence electrons. The average Bonchev–Trinajstić information content (AvgIpc) is 3.40. The number of carboxylic acid groups (broad SMARTS) is 1. The van der Waals surface area contributed by atoms with Crippen LogP contribution in [0.2, 0.25) is 5.02 Å². The first-order valence-electron chi connectivity index (χ1n) is 13.5. The number of imidazole rings is 1. The van der Waals surface area contributed by atoms with Crippen molar-refractivity contribution >= 4 is 34.4 Å². The van der Waals surface area contributed by atoms with Crippen molar-refractivity contribution in [2.24, 2.45) is 0 Å². The van der Waals surface area contributed by atoms with E-state index in [0.717, 1.165) is 11.0 Å². The number of aromatic carboxylic acids is 1. The lowest BCUT2D eigenvalue weighted by Crippen LogP contribution is -2.19. The van der Waals surface area contributed by atoms with Gasteiger partial charge in [-0.3, -0.25) is 4.79 Å². The predicted octanol–water partition coefficient (Wildman–Crippen LogP) is 9.30. The van der Waals surface area contributed by atoms with Gasteiger partial charge in [-0.15, -0.1) is 13.2 Å². The van der Waals surface area contributed by atoms with Crippen molar-refractivity contribution in [2.75, 3.05) is 0 Å². The Kier molecular flexibility index (Phi) is 8.54. The minimum Gasteiger partial charge on any atom is -0.478 e. The molecule has 5 aromatic rings. The highest BCUT2D eigenvalue weighted by molar-refractivity contribution is 6.34. The summed E-state index contributed by atoms with van der Waals surface area (Å²) in [6, 6.07) is 22.7. The van der Waals surface area contributed by atoms with Crippen molar-refractivity contribution in [1.82, 2.24) is 9.97 Å². The lowest BCUT2D eigenvalue weighted by molar-refractivity contribution is -0.275. The highest BCUT2D eigenvalue weighted by Gasteiger charge is 2.33. The number of nitrogens with zero attached hydrogens (tertiary/aromatic N) is 1. The second-order valence-electron chi connectivity index (χ2n) is 10.0. The molecule has 0 fully saturated rings. The third-order valence-corrected chi connectivity index (χ3v) is 7.47. The molecule has 0 aliphatic heterocycles. The van der Waals surface area contributed by atoms with Crippen molar-refractivity contribution in [3.63, 3.8) is 0 Å². The number of aromatic amines is 1. The number of ketones is 1. The molecule has 0 amide bonds. The SMILES string of the molecule is CCCC(CC(=O)c1ccc(-c2c(Cl)cccc2-c2nc3ccccc3[nH]2)c(C(=O)O)c1)c1ccccc1OC(F)(F)F. The number of halogens is 4. The number of aromatic nitrogens is 2. The number of alkyl halides is 3. The van der Waals surface area contributed by atoms with Crippen LogP contribution in [-0.2, 0) is 0 Å². The number of carbonyl (C=O) groups is 2. The van der Waals surface area contributed by atoms with Crippen LogP contribution in [0.3, 0.4) is 0 Å². The van der Waals surface area contributed by atoms with Crippen LogP contribution < -0.4 is 4.74 Å². The zero-order valence-electron chi connectivity index (χ0n) is 22.9. The number of rotatable bonds is 10. The third-order valence-electron chi connectivity index (χ3n) is 7.15. The summed E-state index contributed by atoms with van der Waals surface area (Å²) in [4.78, 5) is 33.9. The maximum Gasteiger partial charge on any atom is 0.573 e. The Hall–Kier alpha value is -4.63. The van der Waals surface area contributed by atoms with Gasteiger partial charge in [0.15, 0.2) is 5.78 Å². The van der Waals surface area contributed by atoms with E-state index in [4.69, 9.17) is 11.6 Å². The van der Waals surface area contributed by atoms with E-state index in [1.807, 2.05) is 31.2 Å². The molecule has 10 heteroatoms. The van der Waals surface area contributed by atoms with Crippen LogP contribution in [0.5, 0.6) is 5.75 Å². The third kappa shape index (κ3) is 6.57. The Morgan fingerprint density at radius 1 is 0.977 bits per heavy atom. The minimum absolute atomic E-state index is 0.119. The van der Waals surface area contributed by atoms with Gasteiger partial charge in [-0.25, -0.2) is 9.78 Å². The number of nitrogens with one attached hydrogen (secondary N) is 1. The Bertz CT molecular complexity index is 1780. The number of carbonyl (C=O) groups excluding carboxylic acids is 1. The van der Waals surface area contributed by atoms with Crippen molar-refractivity contribution in [2.45, 2.75) is 38.5 Å². The van der Waals surface area contributed by atoms with Crippen LogP contribution in [0.25, 0.3) is 33.5 Å². The van der Waals surface area contributed by atoms with Gasteiger partial charge in [0.2, 0.25) is 0 Å². The van der Waals surface area contributed by atoms with E-state index < -0.39 is 24.0 Å². The van der Waals surface area contributed by atoms with Gasteiger partial charge >= 0.3 is 12.3 Å². The van der Waals surface area contributed by atoms with Gasteiger partial charge < -0.3 is 14.8 Å². The van der Waals surface area contributed by atoms with Crippen LogP contribution >= 0.6 is 11.6 Å². The molecule has 0 radical (unpaired) electrons. The molecule has 1 heterocycles. The summed E-state index contributed by atoms with van der Waals surface area (Å²) in [6.45, 7) is 1.87. The molecule has 6 nitrogen and oxygen atoms in total. The first-order valence-corrected chi connectivity index (χ1v) is 13.9. The fourth-order valence-corrected chi connectivity index (χ4v) is 5.56. The maximum atomic E-state index is 13.5. The van der Waals surface area contributed by atoms with Crippen molar-refractivity contribution in [1.29, 1.82) is 0 Å². The molecule has 0 aliphatic carbocycles. The summed E-state index contributed by atoms with van der Waals surface area (Å²) in [5.74, 6) is -2.12. The topological polar surface area (TPSA) is 92.3 Å². The molecular weight excluding hydrogens is 581 g/mol. The molecule has 1 aromatic heterocycles. The molecule has 0 saturated carbocycles. The molecule has 0 aliphatic rings. The highest BCUT2D eigenvalue weighted by Crippen LogP contribution is 2.40. The molecule has 0 bridgehead atoms. The van der Waals surface area contributed by atoms with E-state index in [2.05, 4.69) is 14.7 Å². The summed E-state index contributed by atoms with van der Waals surface area (Å²) in [6.07, 6.45) is -3.99. The summed E-state index contributed by atoms with van der Waals surface area (Å²) in [5.41, 5.74) is 3.06. The lowest BCUT2D eigenvalue weighted by Gasteiger charge is -2.21. The molecule has 0 spiro atoms. The maximum absolute atomic E-state index is 13.5. The molecule has 1 atom stereocenters. The zero-order chi connectivity index (χ0) is 30.7. The monoisotopic (exact) mass is 606 g/mol. The van der Waals surface area contributed by atoms with Crippen molar-refractivity contribution in [3.8, 4) is 28.3 Å². The average molecular weight is 607 g/mol. The highest BCUT2D eigenvalue weighted by atomic mass is 35.5. The zero-order valence-corrected chi connectivity index (χ0v) is 23.7. The van der Waals surface area contributed by atoms with Crippen molar-refractivity contribution < 1.29 is 32.6 Å². The van der Waals surface area contributed by atoms with Gasteiger partial charge in [0, 0.05) is 28.1 Å². The number of fused-ring (bicyclic) bond motifs is 1. The Labute approximate surface area is 250 Å². The second-order valence-corrected chi connectivity index (χ2v) is 10.4. The smallest absolute Gasteiger partial charge is 0.478 e. The Morgan fingerprint density at radius 2 is 1.72 bits per heavy atom. The standard InChI is InChI=1S/C33H26ClF3N2O4/c1-2-8-19(21-9-3-6-14-29(21)43-33(35,36)37)18-28(40)20-15-16-22(24(17-20)32(41)42)30-23(10-7-11-25(30)34)31-38-26-12-4-5-13-27(26)39-31/h3-7,9-17,19H,2,8,18H2,1H3,(H,38,39)(H,41,42). The van der Waals surface area contributed by atoms with E-state index in [-0.39, 0.29) is 28.9 Å². The van der Waals surface area contributed by atoms with Crippen LogP contribution in [0.4, 0.5) is 13.2 Å². The molecule has 1 unspecified atom stereocenters. The molecular formula is C33H26ClF3N2O4. The molecule has 2 N–H and O–H groups in total. The Balaban J connectivity index is 1.52. The molecule has 43 heavy (non-hydrogen) atoms. The van der Waals surface area contributed by atoms with E-state index in [1.165, 1.54) is 36.4 Å². The molecule has 0 saturated heterocycles. The van der Waals surface area contributed by atoms with Gasteiger partial charge in [-0.05, 0) is 53.8 Å². The van der Waals surface area contributed by atoms with Gasteiger partial charge in [0.25, 0.3) is 0 Å². The van der Waals surface area contributed by atoms with Gasteiger partial charge in [-0.2, -0.15) is 0 Å². The van der Waals surface area contributed by atoms with Crippen LogP contribution in [0, 0.1) is 0 Å². The number of benzene rings is 4. The van der Waals surface area contributed by atoms with E-state index in [0.29, 0.717) is 40.4 Å². The van der Waals surface area contributed by atoms with Crippen LogP contribution in [0.15, 0.2) is 84.9 Å². The number of hydrogen-bond donors (Lipinski definition) is 2. The Morgan fingerprint density at radius 3 is 2.44 bits per heavy atom. The van der Waals surface area contributed by atoms with Crippen LogP contribution in [-0.4, -0.2) is 33.2 Å². The van der Waals surface area contributed by atoms with Gasteiger partial charge in [-0.1, -0.05) is 79.5 Å². The summed E-state index contributed by atoms with van der Waals surface area (Å²) < 4.78 is 43.4. The van der Waals surface area contributed by atoms with E-state index in [9.17, 15) is 27.9 Å². The number of carboxylic acids is 1. The largest absolute Gasteiger partial charge is 0.573 e. The summed E-state index contributed by atoms with van der Waals surface area (Å²) in [7, 11) is 0. The molecule has 5 rings (SSSR count). The first-order chi connectivity index (χ1) is 20.6. The number of hydrogen-bond acceptors (Lipinski definition) is 4. The first kappa shape index (κ1) is 29.8. The number of ether oxygens (including phenoxy) is 1. The molecule has 4 aromatic carbocycles. The number of Topliss-reactive ketones (excluding diaryl/α,β-unsaturated/α-hetero) is 1.